The summed E-state index contributed by atoms with van der Waals surface area (Å²) in [5, 5.41) is 3.70. The normalized spacial score (nSPS) is 28.6. The molecule has 1 rings (SSSR count). The van der Waals surface area contributed by atoms with E-state index in [4.69, 9.17) is 0 Å². The average molecular weight is 268 g/mol. The van der Waals surface area contributed by atoms with Crippen LogP contribution < -0.4 is 5.32 Å². The van der Waals surface area contributed by atoms with Gasteiger partial charge in [-0.3, -0.25) is 0 Å². The summed E-state index contributed by atoms with van der Waals surface area (Å²) < 4.78 is 0. The van der Waals surface area contributed by atoms with Crippen LogP contribution in [0.2, 0.25) is 0 Å². The fraction of sp³-hybridized carbons (Fsp3) is 1.00. The second-order valence-corrected chi connectivity index (χ2v) is 7.81. The van der Waals surface area contributed by atoms with Crippen molar-refractivity contribution < 1.29 is 0 Å². The van der Waals surface area contributed by atoms with Crippen LogP contribution in [0.25, 0.3) is 0 Å². The van der Waals surface area contributed by atoms with Crippen LogP contribution in [0.15, 0.2) is 0 Å². The van der Waals surface area contributed by atoms with Crippen LogP contribution in [0.4, 0.5) is 0 Å². The van der Waals surface area contributed by atoms with E-state index in [2.05, 4.69) is 51.9 Å². The molecule has 0 heterocycles. The molecule has 0 saturated heterocycles. The smallest absolute Gasteiger partial charge is 0.00472 e. The van der Waals surface area contributed by atoms with Gasteiger partial charge >= 0.3 is 0 Å². The van der Waals surface area contributed by atoms with Crippen LogP contribution in [-0.4, -0.2) is 37.6 Å². The van der Waals surface area contributed by atoms with Crippen molar-refractivity contribution in [3.05, 3.63) is 0 Å². The Hall–Kier alpha value is -0.0800. The first-order valence-corrected chi connectivity index (χ1v) is 8.25. The summed E-state index contributed by atoms with van der Waals surface area (Å²) in [5.41, 5.74) is 0.514. The molecular weight excluding hydrogens is 232 g/mol. The standard InChI is InChI=1S/C17H36N2/c1-14(2)11-19(6)13-17(12-18-15(3)4)9-7-16(5)8-10-17/h14-16,18H,7-13H2,1-6H3. The van der Waals surface area contributed by atoms with Crippen molar-refractivity contribution in [2.24, 2.45) is 17.3 Å². The van der Waals surface area contributed by atoms with Crippen molar-refractivity contribution in [1.29, 1.82) is 0 Å². The molecule has 0 aromatic rings. The molecular formula is C17H36N2. The van der Waals surface area contributed by atoms with E-state index in [0.717, 1.165) is 11.8 Å². The second kappa shape index (κ2) is 7.64. The first-order chi connectivity index (χ1) is 8.83. The Labute approximate surface area is 121 Å². The third kappa shape index (κ3) is 6.27. The molecule has 0 bridgehead atoms. The van der Waals surface area contributed by atoms with E-state index in [0.29, 0.717) is 11.5 Å². The van der Waals surface area contributed by atoms with Crippen molar-refractivity contribution >= 4 is 0 Å². The number of hydrogen-bond acceptors (Lipinski definition) is 2. The first kappa shape index (κ1) is 17.0. The summed E-state index contributed by atoms with van der Waals surface area (Å²) in [6.07, 6.45) is 5.62. The zero-order valence-corrected chi connectivity index (χ0v) is 14.1. The van der Waals surface area contributed by atoms with Crippen LogP contribution in [0, 0.1) is 17.3 Å². The third-order valence-corrected chi connectivity index (χ3v) is 4.50. The highest BCUT2D eigenvalue weighted by molar-refractivity contribution is 4.89. The molecule has 1 fully saturated rings. The Morgan fingerprint density at radius 3 is 2.21 bits per heavy atom. The molecule has 0 amide bonds. The largest absolute Gasteiger partial charge is 0.314 e. The van der Waals surface area contributed by atoms with Crippen LogP contribution in [-0.2, 0) is 0 Å². The van der Waals surface area contributed by atoms with Crippen LogP contribution in [0.3, 0.4) is 0 Å². The van der Waals surface area contributed by atoms with Gasteiger partial charge in [0.15, 0.2) is 0 Å². The predicted molar refractivity (Wildman–Crippen MR) is 85.5 cm³/mol. The number of hydrogen-bond donors (Lipinski definition) is 1. The monoisotopic (exact) mass is 268 g/mol. The summed E-state index contributed by atoms with van der Waals surface area (Å²) in [7, 11) is 2.30. The van der Waals surface area contributed by atoms with Gasteiger partial charge in [0.2, 0.25) is 0 Å². The summed E-state index contributed by atoms with van der Waals surface area (Å²) >= 11 is 0. The lowest BCUT2D eigenvalue weighted by molar-refractivity contribution is 0.0916. The van der Waals surface area contributed by atoms with Crippen LogP contribution >= 0.6 is 0 Å². The Balaban J connectivity index is 2.58. The van der Waals surface area contributed by atoms with E-state index in [1.807, 2.05) is 0 Å². The lowest BCUT2D eigenvalue weighted by atomic mass is 9.70. The Morgan fingerprint density at radius 2 is 1.74 bits per heavy atom. The molecule has 2 heteroatoms. The van der Waals surface area contributed by atoms with E-state index in [-0.39, 0.29) is 0 Å². The molecule has 114 valence electrons. The maximum atomic E-state index is 3.70. The van der Waals surface area contributed by atoms with Crippen LogP contribution in [0.1, 0.15) is 60.3 Å². The molecule has 2 nitrogen and oxygen atoms in total. The average Bonchev–Trinajstić information content (AvgIpc) is 2.29. The fourth-order valence-corrected chi connectivity index (χ4v) is 3.45. The van der Waals surface area contributed by atoms with Gasteiger partial charge in [-0.15, -0.1) is 0 Å². The molecule has 0 aromatic carbocycles. The van der Waals surface area contributed by atoms with Crippen molar-refractivity contribution in [2.75, 3.05) is 26.7 Å². The number of nitrogens with zero attached hydrogens (tertiary/aromatic N) is 1. The zero-order chi connectivity index (χ0) is 14.5. The minimum Gasteiger partial charge on any atom is -0.314 e. The van der Waals surface area contributed by atoms with Crippen molar-refractivity contribution in [1.82, 2.24) is 10.2 Å². The molecule has 0 aliphatic heterocycles. The zero-order valence-electron chi connectivity index (χ0n) is 14.1. The van der Waals surface area contributed by atoms with Gasteiger partial charge in [0.1, 0.15) is 0 Å². The molecule has 1 N–H and O–H groups in total. The highest BCUT2D eigenvalue weighted by atomic mass is 15.1. The molecule has 1 aliphatic carbocycles. The molecule has 0 radical (unpaired) electrons. The van der Waals surface area contributed by atoms with Gasteiger partial charge < -0.3 is 10.2 Å². The molecule has 0 unspecified atom stereocenters. The van der Waals surface area contributed by atoms with Gasteiger partial charge in [-0.25, -0.2) is 0 Å². The van der Waals surface area contributed by atoms with Crippen molar-refractivity contribution in [2.45, 2.75) is 66.3 Å². The lowest BCUT2D eigenvalue weighted by Crippen LogP contribution is -2.47. The Morgan fingerprint density at radius 1 is 1.16 bits per heavy atom. The van der Waals surface area contributed by atoms with Crippen molar-refractivity contribution in [3.8, 4) is 0 Å². The fourth-order valence-electron chi connectivity index (χ4n) is 3.45. The summed E-state index contributed by atoms with van der Waals surface area (Å²) in [6, 6.07) is 0.603. The summed E-state index contributed by atoms with van der Waals surface area (Å²) in [6.45, 7) is 15.2. The topological polar surface area (TPSA) is 15.3 Å². The van der Waals surface area contributed by atoms with E-state index >= 15 is 0 Å². The summed E-state index contributed by atoms with van der Waals surface area (Å²) in [4.78, 5) is 2.56. The number of rotatable bonds is 7. The SMILES string of the molecule is CC(C)CN(C)CC1(CNC(C)C)CCC(C)CC1. The van der Waals surface area contributed by atoms with Gasteiger partial charge in [0, 0.05) is 25.7 Å². The summed E-state index contributed by atoms with van der Waals surface area (Å²) in [5.74, 6) is 1.70. The van der Waals surface area contributed by atoms with E-state index in [1.165, 1.54) is 45.3 Å². The van der Waals surface area contributed by atoms with Gasteiger partial charge in [0.25, 0.3) is 0 Å². The molecule has 1 aliphatic rings. The van der Waals surface area contributed by atoms with Crippen molar-refractivity contribution in [3.63, 3.8) is 0 Å². The highest BCUT2D eigenvalue weighted by Crippen LogP contribution is 2.39. The second-order valence-electron chi connectivity index (χ2n) is 7.81. The third-order valence-electron chi connectivity index (χ3n) is 4.50. The minimum atomic E-state index is 0.514. The first-order valence-electron chi connectivity index (χ1n) is 8.25. The van der Waals surface area contributed by atoms with Gasteiger partial charge in [-0.2, -0.15) is 0 Å². The van der Waals surface area contributed by atoms with Gasteiger partial charge in [0.05, 0.1) is 0 Å². The molecule has 0 atom stereocenters. The Kier molecular flexibility index (Phi) is 6.82. The maximum absolute atomic E-state index is 3.70. The molecule has 1 saturated carbocycles. The van der Waals surface area contributed by atoms with Gasteiger partial charge in [-0.1, -0.05) is 47.5 Å². The maximum Gasteiger partial charge on any atom is 0.00472 e. The minimum absolute atomic E-state index is 0.514. The van der Waals surface area contributed by atoms with E-state index in [1.54, 1.807) is 0 Å². The lowest BCUT2D eigenvalue weighted by Gasteiger charge is -2.43. The van der Waals surface area contributed by atoms with Crippen LogP contribution in [0.5, 0.6) is 0 Å². The highest BCUT2D eigenvalue weighted by Gasteiger charge is 2.35. The number of nitrogens with one attached hydrogen (secondary N) is 1. The molecule has 0 spiro atoms. The van der Waals surface area contributed by atoms with Gasteiger partial charge in [-0.05, 0) is 37.1 Å². The van der Waals surface area contributed by atoms with E-state index < -0.39 is 0 Å². The Bertz CT molecular complexity index is 240. The molecule has 0 aromatic heterocycles. The van der Waals surface area contributed by atoms with E-state index in [9.17, 15) is 0 Å². The quantitative estimate of drug-likeness (QED) is 0.756. The predicted octanol–water partition coefficient (Wildman–Crippen LogP) is 3.77. The molecule has 19 heavy (non-hydrogen) atoms.